The van der Waals surface area contributed by atoms with Crippen molar-refractivity contribution >= 4 is 23.2 Å². The van der Waals surface area contributed by atoms with Crippen LogP contribution in [0.2, 0.25) is 5.02 Å². The molecule has 10 heteroatoms. The minimum absolute atomic E-state index is 0.0151. The molecule has 2 N–H and O–H groups in total. The van der Waals surface area contributed by atoms with Crippen LogP contribution in [-0.2, 0) is 0 Å². The zero-order valence-corrected chi connectivity index (χ0v) is 14.6. The van der Waals surface area contributed by atoms with Crippen molar-refractivity contribution in [1.82, 2.24) is 9.97 Å². The predicted molar refractivity (Wildman–Crippen MR) is 96.4 cm³/mol. The van der Waals surface area contributed by atoms with E-state index >= 15 is 0 Å². The minimum atomic E-state index is -4.82. The Morgan fingerprint density at radius 3 is 2.32 bits per heavy atom. The molecule has 1 aromatic heterocycles. The Balaban J connectivity index is 1.97. The summed E-state index contributed by atoms with van der Waals surface area (Å²) in [7, 11) is 0. The van der Waals surface area contributed by atoms with Crippen LogP contribution in [0.1, 0.15) is 5.56 Å². The van der Waals surface area contributed by atoms with Crippen LogP contribution in [0.5, 0.6) is 5.75 Å². The van der Waals surface area contributed by atoms with E-state index in [4.69, 9.17) is 11.6 Å². The van der Waals surface area contributed by atoms with E-state index in [1.807, 2.05) is 0 Å². The van der Waals surface area contributed by atoms with Gasteiger partial charge in [-0.25, -0.2) is 4.98 Å². The van der Waals surface area contributed by atoms with Crippen LogP contribution in [0.15, 0.2) is 53.3 Å². The number of halogens is 4. The molecule has 0 amide bonds. The van der Waals surface area contributed by atoms with Crippen LogP contribution in [0.25, 0.3) is 11.3 Å². The fraction of sp³-hybridized carbons (Fsp3) is 0.0556. The lowest BCUT2D eigenvalue weighted by Crippen LogP contribution is -2.17. The van der Waals surface area contributed by atoms with Gasteiger partial charge in [-0.15, -0.1) is 13.2 Å². The zero-order chi connectivity index (χ0) is 20.3. The number of rotatable bonds is 4. The van der Waals surface area contributed by atoms with Crippen LogP contribution >= 0.6 is 11.6 Å². The van der Waals surface area contributed by atoms with Crippen LogP contribution in [0, 0.1) is 11.3 Å². The first-order chi connectivity index (χ1) is 13.2. The monoisotopic (exact) mass is 406 g/mol. The van der Waals surface area contributed by atoms with E-state index in [-0.39, 0.29) is 22.8 Å². The normalized spacial score (nSPS) is 11.0. The summed E-state index contributed by atoms with van der Waals surface area (Å²) in [6, 6.07) is 13.0. The third-order valence-corrected chi connectivity index (χ3v) is 3.75. The number of nitriles is 1. The molecule has 0 saturated heterocycles. The molecular formula is C18H10ClF3N4O2. The summed E-state index contributed by atoms with van der Waals surface area (Å²) in [5.74, 6) is -0.379. The molecule has 0 aliphatic carbocycles. The van der Waals surface area contributed by atoms with Crippen LogP contribution in [0.3, 0.4) is 0 Å². The average Bonchev–Trinajstić information content (AvgIpc) is 2.62. The Hall–Kier alpha value is -3.51. The molecule has 142 valence electrons. The molecule has 0 aliphatic rings. The molecule has 0 radical (unpaired) electrons. The Morgan fingerprint density at radius 1 is 1.11 bits per heavy atom. The van der Waals surface area contributed by atoms with Crippen molar-refractivity contribution in [2.45, 2.75) is 6.36 Å². The fourth-order valence-electron chi connectivity index (χ4n) is 2.33. The second-order valence-electron chi connectivity index (χ2n) is 5.45. The molecule has 1 heterocycles. The van der Waals surface area contributed by atoms with Gasteiger partial charge in [0.25, 0.3) is 5.56 Å². The van der Waals surface area contributed by atoms with Crippen LogP contribution < -0.4 is 15.6 Å². The summed E-state index contributed by atoms with van der Waals surface area (Å²) in [5, 5.41) is 12.7. The van der Waals surface area contributed by atoms with E-state index in [0.29, 0.717) is 10.7 Å². The average molecular weight is 407 g/mol. The molecule has 0 bridgehead atoms. The highest BCUT2D eigenvalue weighted by Crippen LogP contribution is 2.27. The summed E-state index contributed by atoms with van der Waals surface area (Å²) in [6.07, 6.45) is -4.82. The van der Waals surface area contributed by atoms with E-state index in [9.17, 15) is 23.2 Å². The van der Waals surface area contributed by atoms with Gasteiger partial charge in [0, 0.05) is 16.3 Å². The van der Waals surface area contributed by atoms with Crippen molar-refractivity contribution in [2.24, 2.45) is 0 Å². The van der Waals surface area contributed by atoms with Crippen molar-refractivity contribution in [3.05, 3.63) is 69.5 Å². The Bertz CT molecular complexity index is 1090. The SMILES string of the molecule is N#Cc1c(-c2ccc(OC(F)(F)F)cc2)nc(Nc2ccc(Cl)cc2)[nH]c1=O. The second kappa shape index (κ2) is 7.62. The van der Waals surface area contributed by atoms with Gasteiger partial charge in [0.05, 0.1) is 5.69 Å². The van der Waals surface area contributed by atoms with Crippen molar-refractivity contribution < 1.29 is 17.9 Å². The van der Waals surface area contributed by atoms with E-state index in [1.165, 1.54) is 12.1 Å². The van der Waals surface area contributed by atoms with Crippen molar-refractivity contribution in [1.29, 1.82) is 5.26 Å². The van der Waals surface area contributed by atoms with Crippen molar-refractivity contribution in [3.8, 4) is 23.1 Å². The van der Waals surface area contributed by atoms with Gasteiger partial charge in [-0.05, 0) is 48.5 Å². The third-order valence-electron chi connectivity index (χ3n) is 3.50. The lowest BCUT2D eigenvalue weighted by atomic mass is 10.1. The van der Waals surface area contributed by atoms with Gasteiger partial charge >= 0.3 is 6.36 Å². The Labute approximate surface area is 161 Å². The number of nitrogens with zero attached hydrogens (tertiary/aromatic N) is 2. The maximum absolute atomic E-state index is 12.3. The smallest absolute Gasteiger partial charge is 0.406 e. The quantitative estimate of drug-likeness (QED) is 0.660. The van der Waals surface area contributed by atoms with Gasteiger partial charge in [-0.2, -0.15) is 5.26 Å². The molecule has 28 heavy (non-hydrogen) atoms. The Morgan fingerprint density at radius 2 is 1.75 bits per heavy atom. The molecule has 0 spiro atoms. The molecule has 3 aromatic rings. The molecule has 2 aromatic carbocycles. The number of anilines is 2. The molecule has 3 rings (SSSR count). The highest BCUT2D eigenvalue weighted by atomic mass is 35.5. The van der Waals surface area contributed by atoms with Gasteiger partial charge in [-0.1, -0.05) is 11.6 Å². The number of ether oxygens (including phenoxy) is 1. The van der Waals surface area contributed by atoms with E-state index in [1.54, 1.807) is 30.3 Å². The van der Waals surface area contributed by atoms with Gasteiger partial charge in [-0.3, -0.25) is 9.78 Å². The van der Waals surface area contributed by atoms with Gasteiger partial charge in [0.2, 0.25) is 5.95 Å². The maximum Gasteiger partial charge on any atom is 0.573 e. The molecule has 0 fully saturated rings. The molecule has 6 nitrogen and oxygen atoms in total. The highest BCUT2D eigenvalue weighted by molar-refractivity contribution is 6.30. The minimum Gasteiger partial charge on any atom is -0.406 e. The maximum atomic E-state index is 12.3. The van der Waals surface area contributed by atoms with Gasteiger partial charge in [0.15, 0.2) is 0 Å². The number of nitrogens with one attached hydrogen (secondary N) is 2. The van der Waals surface area contributed by atoms with Crippen molar-refractivity contribution in [3.63, 3.8) is 0 Å². The number of hydrogen-bond donors (Lipinski definition) is 2. The lowest BCUT2D eigenvalue weighted by Gasteiger charge is -2.11. The number of benzene rings is 2. The molecule has 0 aliphatic heterocycles. The molecule has 0 unspecified atom stereocenters. The number of aromatic amines is 1. The standard InChI is InChI=1S/C18H10ClF3N4O2/c19-11-3-5-12(6-4-11)24-17-25-15(14(9-23)16(27)26-17)10-1-7-13(8-2-10)28-18(20,21)22/h1-8H,(H2,24,25,26,27). The molecular weight excluding hydrogens is 397 g/mol. The number of H-pyrrole nitrogens is 1. The van der Waals surface area contributed by atoms with Gasteiger partial charge < -0.3 is 10.1 Å². The van der Waals surface area contributed by atoms with Crippen LogP contribution in [0.4, 0.5) is 24.8 Å². The van der Waals surface area contributed by atoms with Crippen molar-refractivity contribution in [2.75, 3.05) is 5.32 Å². The first-order valence-electron chi connectivity index (χ1n) is 7.68. The first kappa shape index (κ1) is 19.3. The molecule has 0 saturated carbocycles. The summed E-state index contributed by atoms with van der Waals surface area (Å²) < 4.78 is 40.7. The fourth-order valence-corrected chi connectivity index (χ4v) is 2.46. The summed E-state index contributed by atoms with van der Waals surface area (Å²) in [6.45, 7) is 0. The van der Waals surface area contributed by atoms with Gasteiger partial charge in [0.1, 0.15) is 17.4 Å². The summed E-state index contributed by atoms with van der Waals surface area (Å²) in [5.41, 5.74) is -0.0968. The predicted octanol–water partition coefficient (Wildman–Crippen LogP) is 4.60. The number of hydrogen-bond acceptors (Lipinski definition) is 5. The number of alkyl halides is 3. The summed E-state index contributed by atoms with van der Waals surface area (Å²) >= 11 is 5.82. The first-order valence-corrected chi connectivity index (χ1v) is 8.06. The topological polar surface area (TPSA) is 90.8 Å². The second-order valence-corrected chi connectivity index (χ2v) is 5.89. The van der Waals surface area contributed by atoms with Crippen LogP contribution in [-0.4, -0.2) is 16.3 Å². The Kier molecular flexibility index (Phi) is 5.24. The largest absolute Gasteiger partial charge is 0.573 e. The van der Waals surface area contributed by atoms with E-state index in [2.05, 4.69) is 20.0 Å². The third kappa shape index (κ3) is 4.61. The zero-order valence-electron chi connectivity index (χ0n) is 13.8. The molecule has 0 atom stereocenters. The summed E-state index contributed by atoms with van der Waals surface area (Å²) in [4.78, 5) is 18.9. The van der Waals surface area contributed by atoms with E-state index in [0.717, 1.165) is 12.1 Å². The highest BCUT2D eigenvalue weighted by Gasteiger charge is 2.31. The lowest BCUT2D eigenvalue weighted by molar-refractivity contribution is -0.274. The van der Waals surface area contributed by atoms with E-state index < -0.39 is 17.7 Å². The number of aromatic nitrogens is 2.